The molecule has 15 heavy (non-hydrogen) atoms. The van der Waals surface area contributed by atoms with E-state index in [1.54, 1.807) is 0 Å². The normalized spacial score (nSPS) is 22.8. The SMILES string of the molecule is CCNCCCN(C)CC1CCCN1C. The molecule has 0 amide bonds. The van der Waals surface area contributed by atoms with Crippen LogP contribution < -0.4 is 5.32 Å². The largest absolute Gasteiger partial charge is 0.317 e. The molecule has 0 aromatic carbocycles. The molecular weight excluding hydrogens is 186 g/mol. The fraction of sp³-hybridized carbons (Fsp3) is 1.00. The molecule has 0 aromatic rings. The molecule has 3 nitrogen and oxygen atoms in total. The van der Waals surface area contributed by atoms with E-state index in [-0.39, 0.29) is 0 Å². The molecule has 90 valence electrons. The van der Waals surface area contributed by atoms with Gasteiger partial charge in [-0.25, -0.2) is 0 Å². The molecule has 0 aromatic heterocycles. The van der Waals surface area contributed by atoms with Crippen molar-refractivity contribution in [3.8, 4) is 0 Å². The average Bonchev–Trinajstić information content (AvgIpc) is 2.59. The number of likely N-dealkylation sites (N-methyl/N-ethyl adjacent to an activating group) is 2. The van der Waals surface area contributed by atoms with Gasteiger partial charge >= 0.3 is 0 Å². The summed E-state index contributed by atoms with van der Waals surface area (Å²) >= 11 is 0. The van der Waals surface area contributed by atoms with E-state index >= 15 is 0 Å². The van der Waals surface area contributed by atoms with Gasteiger partial charge in [0.2, 0.25) is 0 Å². The second-order valence-corrected chi connectivity index (χ2v) is 4.75. The van der Waals surface area contributed by atoms with E-state index < -0.39 is 0 Å². The summed E-state index contributed by atoms with van der Waals surface area (Å²) in [5.74, 6) is 0. The van der Waals surface area contributed by atoms with Crippen molar-refractivity contribution >= 4 is 0 Å². The molecule has 1 atom stereocenters. The van der Waals surface area contributed by atoms with Gasteiger partial charge in [-0.15, -0.1) is 0 Å². The van der Waals surface area contributed by atoms with Gasteiger partial charge in [-0.2, -0.15) is 0 Å². The van der Waals surface area contributed by atoms with Crippen molar-refractivity contribution in [2.45, 2.75) is 32.2 Å². The van der Waals surface area contributed by atoms with Crippen LogP contribution in [-0.2, 0) is 0 Å². The van der Waals surface area contributed by atoms with Crippen LogP contribution in [0.5, 0.6) is 0 Å². The Balaban J connectivity index is 2.04. The van der Waals surface area contributed by atoms with E-state index in [9.17, 15) is 0 Å². The molecule has 3 heteroatoms. The van der Waals surface area contributed by atoms with Gasteiger partial charge in [-0.1, -0.05) is 6.92 Å². The van der Waals surface area contributed by atoms with Crippen LogP contribution in [-0.4, -0.2) is 62.7 Å². The van der Waals surface area contributed by atoms with Gasteiger partial charge in [0.15, 0.2) is 0 Å². The Kier molecular flexibility index (Phi) is 6.22. The van der Waals surface area contributed by atoms with Crippen molar-refractivity contribution in [2.75, 3.05) is 46.8 Å². The van der Waals surface area contributed by atoms with Crippen LogP contribution in [0.1, 0.15) is 26.2 Å². The quantitative estimate of drug-likeness (QED) is 0.637. The molecule has 1 N–H and O–H groups in total. The highest BCUT2D eigenvalue weighted by molar-refractivity contribution is 4.78. The lowest BCUT2D eigenvalue weighted by atomic mass is 10.2. The molecule has 0 saturated carbocycles. The zero-order chi connectivity index (χ0) is 11.1. The van der Waals surface area contributed by atoms with Crippen molar-refractivity contribution in [3.63, 3.8) is 0 Å². The first-order valence-corrected chi connectivity index (χ1v) is 6.33. The molecule has 1 heterocycles. The van der Waals surface area contributed by atoms with Gasteiger partial charge in [-0.05, 0) is 59.5 Å². The minimum Gasteiger partial charge on any atom is -0.317 e. The van der Waals surface area contributed by atoms with E-state index in [0.29, 0.717) is 0 Å². The number of hydrogen-bond donors (Lipinski definition) is 1. The molecule has 1 saturated heterocycles. The Bertz CT molecular complexity index is 161. The number of hydrogen-bond acceptors (Lipinski definition) is 3. The van der Waals surface area contributed by atoms with Crippen molar-refractivity contribution in [2.24, 2.45) is 0 Å². The van der Waals surface area contributed by atoms with Crippen LogP contribution in [0.3, 0.4) is 0 Å². The van der Waals surface area contributed by atoms with Crippen molar-refractivity contribution < 1.29 is 0 Å². The van der Waals surface area contributed by atoms with E-state index in [1.165, 1.54) is 38.9 Å². The van der Waals surface area contributed by atoms with E-state index in [2.05, 4.69) is 36.1 Å². The molecule has 0 aliphatic carbocycles. The Morgan fingerprint density at radius 1 is 1.47 bits per heavy atom. The Morgan fingerprint density at radius 2 is 2.27 bits per heavy atom. The summed E-state index contributed by atoms with van der Waals surface area (Å²) in [6.07, 6.45) is 4.03. The second-order valence-electron chi connectivity index (χ2n) is 4.75. The highest BCUT2D eigenvalue weighted by Gasteiger charge is 2.21. The summed E-state index contributed by atoms with van der Waals surface area (Å²) in [5, 5.41) is 3.37. The van der Waals surface area contributed by atoms with Crippen LogP contribution in [0, 0.1) is 0 Å². The van der Waals surface area contributed by atoms with Crippen LogP contribution in [0.15, 0.2) is 0 Å². The topological polar surface area (TPSA) is 18.5 Å². The summed E-state index contributed by atoms with van der Waals surface area (Å²) in [4.78, 5) is 4.98. The molecule has 1 aliphatic heterocycles. The smallest absolute Gasteiger partial charge is 0.0220 e. The highest BCUT2D eigenvalue weighted by Crippen LogP contribution is 2.15. The molecular formula is C12H27N3. The summed E-state index contributed by atoms with van der Waals surface area (Å²) in [6, 6.07) is 0.800. The third kappa shape index (κ3) is 4.96. The van der Waals surface area contributed by atoms with Gasteiger partial charge < -0.3 is 15.1 Å². The lowest BCUT2D eigenvalue weighted by Gasteiger charge is -2.25. The standard InChI is InChI=1S/C12H27N3/c1-4-13-8-6-9-14(2)11-12-7-5-10-15(12)3/h12-13H,4-11H2,1-3H3. The maximum Gasteiger partial charge on any atom is 0.0220 e. The lowest BCUT2D eigenvalue weighted by Crippen LogP contribution is -2.37. The summed E-state index contributed by atoms with van der Waals surface area (Å²) in [7, 11) is 4.50. The molecule has 0 bridgehead atoms. The fourth-order valence-corrected chi connectivity index (χ4v) is 2.31. The highest BCUT2D eigenvalue weighted by atomic mass is 15.2. The Morgan fingerprint density at radius 3 is 2.87 bits per heavy atom. The second kappa shape index (κ2) is 7.20. The van der Waals surface area contributed by atoms with Gasteiger partial charge in [0.1, 0.15) is 0 Å². The molecule has 0 radical (unpaired) electrons. The first-order valence-electron chi connectivity index (χ1n) is 6.33. The van der Waals surface area contributed by atoms with Gasteiger partial charge in [0, 0.05) is 12.6 Å². The van der Waals surface area contributed by atoms with Crippen LogP contribution in [0.4, 0.5) is 0 Å². The Labute approximate surface area is 94.8 Å². The number of nitrogens with zero attached hydrogens (tertiary/aromatic N) is 2. The van der Waals surface area contributed by atoms with Gasteiger partial charge in [0.25, 0.3) is 0 Å². The first-order chi connectivity index (χ1) is 7.24. The molecule has 1 aliphatic rings. The number of likely N-dealkylation sites (tertiary alicyclic amines) is 1. The monoisotopic (exact) mass is 213 g/mol. The van der Waals surface area contributed by atoms with Crippen LogP contribution in [0.2, 0.25) is 0 Å². The lowest BCUT2D eigenvalue weighted by molar-refractivity contribution is 0.218. The first kappa shape index (κ1) is 12.9. The zero-order valence-electron chi connectivity index (χ0n) is 10.6. The third-order valence-corrected chi connectivity index (χ3v) is 3.34. The molecule has 1 unspecified atom stereocenters. The summed E-state index contributed by atoms with van der Waals surface area (Å²) in [6.45, 7) is 8.16. The summed E-state index contributed by atoms with van der Waals surface area (Å²) in [5.41, 5.74) is 0. The Hall–Kier alpha value is -0.120. The fourth-order valence-electron chi connectivity index (χ4n) is 2.31. The average molecular weight is 213 g/mol. The molecule has 1 rings (SSSR count). The van der Waals surface area contributed by atoms with Crippen LogP contribution >= 0.6 is 0 Å². The zero-order valence-corrected chi connectivity index (χ0v) is 10.6. The van der Waals surface area contributed by atoms with E-state index in [4.69, 9.17) is 0 Å². The maximum absolute atomic E-state index is 3.37. The van der Waals surface area contributed by atoms with Gasteiger partial charge in [-0.3, -0.25) is 0 Å². The van der Waals surface area contributed by atoms with Crippen molar-refractivity contribution in [1.82, 2.24) is 15.1 Å². The molecule has 1 fully saturated rings. The van der Waals surface area contributed by atoms with Crippen molar-refractivity contribution in [1.29, 1.82) is 0 Å². The minimum atomic E-state index is 0.800. The van der Waals surface area contributed by atoms with Crippen LogP contribution in [0.25, 0.3) is 0 Å². The predicted octanol–water partition coefficient (Wildman–Crippen LogP) is 1.01. The molecule has 0 spiro atoms. The number of rotatable bonds is 7. The van der Waals surface area contributed by atoms with E-state index in [0.717, 1.165) is 19.1 Å². The third-order valence-electron chi connectivity index (χ3n) is 3.34. The summed E-state index contributed by atoms with van der Waals surface area (Å²) < 4.78 is 0. The maximum atomic E-state index is 3.37. The van der Waals surface area contributed by atoms with Crippen molar-refractivity contribution in [3.05, 3.63) is 0 Å². The predicted molar refractivity (Wildman–Crippen MR) is 66.3 cm³/mol. The minimum absolute atomic E-state index is 0.800. The van der Waals surface area contributed by atoms with Gasteiger partial charge in [0.05, 0.1) is 0 Å². The number of nitrogens with one attached hydrogen (secondary N) is 1. The van der Waals surface area contributed by atoms with E-state index in [1.807, 2.05) is 0 Å².